The number of carbonyl (C=O) groups excluding carboxylic acids is 1. The quantitative estimate of drug-likeness (QED) is 0.472. The molecule has 166 valence electrons. The van der Waals surface area contributed by atoms with Crippen LogP contribution in [0.1, 0.15) is 28.4 Å². The lowest BCUT2D eigenvalue weighted by atomic mass is 10.1. The third kappa shape index (κ3) is 4.35. The highest BCUT2D eigenvalue weighted by Crippen LogP contribution is 2.35. The molecule has 1 heterocycles. The Balaban J connectivity index is 1.59. The summed E-state index contributed by atoms with van der Waals surface area (Å²) in [5.41, 5.74) is 3.67. The molecule has 4 rings (SSSR count). The van der Waals surface area contributed by atoms with Crippen LogP contribution in [0.2, 0.25) is 10.0 Å². The standard InChI is InChI=1S/C24H22Cl2N2O3S/c1-16-14-19-6-3-4-8-21(19)28(16)24(29)18-12-10-17(11-13-18)15-27(32(2,30)31)22-9-5-7-20(25)23(22)26/h3-13,16H,14-15H2,1-2H3/t16-/m0/s1. The second-order valence-electron chi connectivity index (χ2n) is 7.90. The maximum atomic E-state index is 13.2. The molecule has 0 saturated carbocycles. The summed E-state index contributed by atoms with van der Waals surface area (Å²) in [6, 6.07) is 19.8. The molecule has 5 nitrogen and oxygen atoms in total. The van der Waals surface area contributed by atoms with Gasteiger partial charge in [-0.25, -0.2) is 8.42 Å². The summed E-state index contributed by atoms with van der Waals surface area (Å²) in [5.74, 6) is -0.0770. The van der Waals surface area contributed by atoms with Crippen LogP contribution in [0, 0.1) is 0 Å². The molecule has 0 saturated heterocycles. The monoisotopic (exact) mass is 488 g/mol. The van der Waals surface area contributed by atoms with Crippen molar-refractivity contribution in [2.75, 3.05) is 15.5 Å². The van der Waals surface area contributed by atoms with Gasteiger partial charge < -0.3 is 4.90 Å². The molecule has 0 N–H and O–H groups in total. The summed E-state index contributed by atoms with van der Waals surface area (Å²) in [6.07, 6.45) is 1.94. The van der Waals surface area contributed by atoms with E-state index >= 15 is 0 Å². The smallest absolute Gasteiger partial charge is 0.258 e. The van der Waals surface area contributed by atoms with Gasteiger partial charge >= 0.3 is 0 Å². The van der Waals surface area contributed by atoms with Crippen molar-refractivity contribution >= 4 is 50.5 Å². The number of nitrogens with zero attached hydrogens (tertiary/aromatic N) is 2. The summed E-state index contributed by atoms with van der Waals surface area (Å²) < 4.78 is 26.1. The molecule has 0 aliphatic carbocycles. The van der Waals surface area contributed by atoms with E-state index in [-0.39, 0.29) is 28.5 Å². The Morgan fingerprint density at radius 2 is 1.72 bits per heavy atom. The van der Waals surface area contributed by atoms with Crippen LogP contribution in [0.3, 0.4) is 0 Å². The largest absolute Gasteiger partial charge is 0.305 e. The average Bonchev–Trinajstić information content (AvgIpc) is 3.09. The first kappa shape index (κ1) is 22.6. The minimum absolute atomic E-state index is 0.0658. The maximum Gasteiger partial charge on any atom is 0.258 e. The average molecular weight is 489 g/mol. The van der Waals surface area contributed by atoms with Crippen molar-refractivity contribution in [1.82, 2.24) is 0 Å². The van der Waals surface area contributed by atoms with Crippen LogP contribution in [-0.4, -0.2) is 26.6 Å². The van der Waals surface area contributed by atoms with E-state index in [1.165, 1.54) is 4.31 Å². The molecule has 1 aliphatic heterocycles. The predicted molar refractivity (Wildman–Crippen MR) is 130 cm³/mol. The molecule has 3 aromatic carbocycles. The zero-order valence-corrected chi connectivity index (χ0v) is 20.0. The highest BCUT2D eigenvalue weighted by Gasteiger charge is 2.31. The van der Waals surface area contributed by atoms with Crippen molar-refractivity contribution in [1.29, 1.82) is 0 Å². The van der Waals surface area contributed by atoms with E-state index < -0.39 is 10.0 Å². The van der Waals surface area contributed by atoms with Crippen molar-refractivity contribution in [2.45, 2.75) is 25.9 Å². The molecule has 0 aromatic heterocycles. The molecule has 0 bridgehead atoms. The lowest BCUT2D eigenvalue weighted by Gasteiger charge is -2.25. The van der Waals surface area contributed by atoms with E-state index in [4.69, 9.17) is 23.2 Å². The summed E-state index contributed by atoms with van der Waals surface area (Å²) in [7, 11) is -3.62. The SMILES string of the molecule is C[C@H]1Cc2ccccc2N1C(=O)c1ccc(CN(c2cccc(Cl)c2Cl)S(C)(=O)=O)cc1. The second-order valence-corrected chi connectivity index (χ2v) is 10.6. The molecule has 1 aliphatic rings. The molecule has 8 heteroatoms. The summed E-state index contributed by atoms with van der Waals surface area (Å²) in [6.45, 7) is 2.10. The number of hydrogen-bond donors (Lipinski definition) is 0. The second kappa shape index (κ2) is 8.77. The van der Waals surface area contributed by atoms with E-state index in [1.807, 2.05) is 36.1 Å². The van der Waals surface area contributed by atoms with Crippen LogP contribution >= 0.6 is 23.2 Å². The molecular weight excluding hydrogens is 467 g/mol. The molecular formula is C24H22Cl2N2O3S. The number of sulfonamides is 1. The van der Waals surface area contributed by atoms with Gasteiger partial charge in [-0.1, -0.05) is 59.6 Å². The fourth-order valence-electron chi connectivity index (χ4n) is 4.00. The van der Waals surface area contributed by atoms with Gasteiger partial charge in [-0.2, -0.15) is 0 Å². The molecule has 1 amide bonds. The Bertz CT molecular complexity index is 1280. The Labute approximate surface area is 198 Å². The van der Waals surface area contributed by atoms with Gasteiger partial charge in [-0.15, -0.1) is 0 Å². The predicted octanol–water partition coefficient (Wildman–Crippen LogP) is 5.55. The van der Waals surface area contributed by atoms with E-state index in [2.05, 4.69) is 0 Å². The van der Waals surface area contributed by atoms with E-state index in [0.29, 0.717) is 11.3 Å². The van der Waals surface area contributed by atoms with Gasteiger partial charge in [0.05, 0.1) is 28.5 Å². The van der Waals surface area contributed by atoms with E-state index in [1.54, 1.807) is 42.5 Å². The minimum Gasteiger partial charge on any atom is -0.305 e. The number of anilines is 2. The fourth-order valence-corrected chi connectivity index (χ4v) is 5.34. The normalized spacial score (nSPS) is 15.5. The highest BCUT2D eigenvalue weighted by atomic mass is 35.5. The lowest BCUT2D eigenvalue weighted by molar-refractivity contribution is 0.0981. The molecule has 32 heavy (non-hydrogen) atoms. The van der Waals surface area contributed by atoms with Crippen molar-refractivity contribution in [3.05, 3.63) is 93.5 Å². The van der Waals surface area contributed by atoms with Crippen LogP contribution in [-0.2, 0) is 23.0 Å². The number of amides is 1. The minimum atomic E-state index is -3.62. The summed E-state index contributed by atoms with van der Waals surface area (Å²) in [5, 5.41) is 0.451. The number of fused-ring (bicyclic) bond motifs is 1. The van der Waals surface area contributed by atoms with Crippen LogP contribution < -0.4 is 9.21 Å². The Morgan fingerprint density at radius 3 is 2.41 bits per heavy atom. The zero-order chi connectivity index (χ0) is 23.0. The number of benzene rings is 3. The van der Waals surface area contributed by atoms with Crippen LogP contribution in [0.25, 0.3) is 0 Å². The lowest BCUT2D eigenvalue weighted by Crippen LogP contribution is -2.35. The van der Waals surface area contributed by atoms with E-state index in [0.717, 1.165) is 29.5 Å². The number of rotatable bonds is 5. The van der Waals surface area contributed by atoms with Crippen LogP contribution in [0.15, 0.2) is 66.7 Å². The Hall–Kier alpha value is -2.54. The molecule has 0 spiro atoms. The Kier molecular flexibility index (Phi) is 6.21. The maximum absolute atomic E-state index is 13.2. The molecule has 1 atom stereocenters. The van der Waals surface area contributed by atoms with Crippen molar-refractivity contribution in [3.8, 4) is 0 Å². The van der Waals surface area contributed by atoms with Gasteiger partial charge in [0.25, 0.3) is 5.91 Å². The van der Waals surface area contributed by atoms with Crippen LogP contribution in [0.5, 0.6) is 0 Å². The zero-order valence-electron chi connectivity index (χ0n) is 17.6. The summed E-state index contributed by atoms with van der Waals surface area (Å²) in [4.78, 5) is 15.0. The number of hydrogen-bond acceptors (Lipinski definition) is 3. The van der Waals surface area contributed by atoms with E-state index in [9.17, 15) is 13.2 Å². The van der Waals surface area contributed by atoms with Gasteiger partial charge in [0.1, 0.15) is 0 Å². The fraction of sp³-hybridized carbons (Fsp3) is 0.208. The van der Waals surface area contributed by atoms with Crippen molar-refractivity contribution in [2.24, 2.45) is 0 Å². The Morgan fingerprint density at radius 1 is 1.03 bits per heavy atom. The van der Waals surface area contributed by atoms with Gasteiger partial charge in [0.2, 0.25) is 10.0 Å². The van der Waals surface area contributed by atoms with Crippen molar-refractivity contribution in [3.63, 3.8) is 0 Å². The van der Waals surface area contributed by atoms with Gasteiger partial charge in [0.15, 0.2) is 0 Å². The third-order valence-electron chi connectivity index (χ3n) is 5.55. The van der Waals surface area contributed by atoms with Crippen LogP contribution in [0.4, 0.5) is 11.4 Å². The first-order chi connectivity index (χ1) is 15.2. The van der Waals surface area contributed by atoms with Gasteiger partial charge in [0, 0.05) is 17.3 Å². The first-order valence-electron chi connectivity index (χ1n) is 10.1. The highest BCUT2D eigenvalue weighted by molar-refractivity contribution is 7.92. The number of carbonyl (C=O) groups is 1. The number of para-hydroxylation sites is 1. The number of halogens is 2. The van der Waals surface area contributed by atoms with Crippen molar-refractivity contribution < 1.29 is 13.2 Å². The molecule has 0 radical (unpaired) electrons. The van der Waals surface area contributed by atoms with Gasteiger partial charge in [-0.05, 0) is 54.8 Å². The third-order valence-corrected chi connectivity index (χ3v) is 7.49. The summed E-state index contributed by atoms with van der Waals surface area (Å²) >= 11 is 12.3. The molecule has 3 aromatic rings. The molecule has 0 unspecified atom stereocenters. The van der Waals surface area contributed by atoms with Gasteiger partial charge in [-0.3, -0.25) is 9.10 Å². The first-order valence-corrected chi connectivity index (χ1v) is 12.7. The molecule has 0 fully saturated rings. The topological polar surface area (TPSA) is 57.7 Å².